The van der Waals surface area contributed by atoms with Crippen molar-refractivity contribution in [2.45, 2.75) is 101 Å². The molecule has 0 aromatic heterocycles. The topological polar surface area (TPSA) is 313 Å². The highest BCUT2D eigenvalue weighted by atomic mass is 16.3. The zero-order chi connectivity index (χ0) is 56.5. The average molecular weight is 1080 g/mol. The van der Waals surface area contributed by atoms with Crippen molar-refractivity contribution in [3.63, 3.8) is 0 Å². The normalized spacial score (nSPS) is 12.2. The van der Waals surface area contributed by atoms with Crippen LogP contribution in [-0.4, -0.2) is 88.5 Å². The van der Waals surface area contributed by atoms with Crippen LogP contribution >= 0.6 is 0 Å². The summed E-state index contributed by atoms with van der Waals surface area (Å²) in [6, 6.07) is 38.5. The van der Waals surface area contributed by atoms with E-state index in [4.69, 9.17) is 17.2 Å². The average Bonchev–Trinajstić information content (AvgIpc) is 3.46. The smallest absolute Gasteiger partial charge is 0.246 e. The zero-order valence-corrected chi connectivity index (χ0v) is 44.3. The molecule has 6 aromatic carbocycles. The number of benzene rings is 6. The Balaban J connectivity index is 1.22. The van der Waals surface area contributed by atoms with E-state index in [0.717, 1.165) is 16.7 Å². The van der Waals surface area contributed by atoms with Gasteiger partial charge in [-0.2, -0.15) is 0 Å². The number of nitrogens with one attached hydrogen (secondary N) is 6. The fourth-order valence-corrected chi connectivity index (χ4v) is 9.12. The standard InChI is InChI=1S/C61H73N9O9/c62-31-4-1-16-52(68-55(74)37-40-10-7-13-49(71)34-40)59(77)65-46-25-19-43(20-26-46)58(44-21-27-47(28-22-44)66-60(78)53(17-2-5-32-63)69-56(75)38-41-11-8-14-50(72)35-41)45-23-29-48(30-24-45)67-61(79)54(18-3-6-33-64)70-57(76)39-42-12-9-15-51(73)36-42/h7-15,19-30,34-36,52-54,58,71-73H,1-6,16-18,31-33,37-39,62-64H2,(H,65,77)(H,66,78)(H,67,79)(H,68,74)(H,69,75)(H,70,76)/t52-,53-,54-/m0/s1. The van der Waals surface area contributed by atoms with Crippen LogP contribution in [0.2, 0.25) is 0 Å². The second-order valence-electron chi connectivity index (χ2n) is 19.5. The molecular formula is C61H73N9O9. The fraction of sp³-hybridized carbons (Fsp3) is 0.311. The van der Waals surface area contributed by atoms with Crippen molar-refractivity contribution in [1.82, 2.24) is 16.0 Å². The molecule has 0 heterocycles. The molecule has 3 atom stereocenters. The number of hydrogen-bond donors (Lipinski definition) is 12. The summed E-state index contributed by atoms with van der Waals surface area (Å²) >= 11 is 0. The number of carbonyl (C=O) groups excluding carboxylic acids is 6. The highest BCUT2D eigenvalue weighted by Gasteiger charge is 2.25. The third-order valence-corrected chi connectivity index (χ3v) is 13.2. The molecule has 6 aromatic rings. The van der Waals surface area contributed by atoms with Crippen LogP contribution in [0.4, 0.5) is 17.1 Å². The summed E-state index contributed by atoms with van der Waals surface area (Å²) in [5, 5.41) is 47.1. The number of rotatable bonds is 30. The van der Waals surface area contributed by atoms with Gasteiger partial charge < -0.3 is 64.4 Å². The van der Waals surface area contributed by atoms with Gasteiger partial charge in [0, 0.05) is 23.0 Å². The van der Waals surface area contributed by atoms with Gasteiger partial charge in [0.1, 0.15) is 35.4 Å². The van der Waals surface area contributed by atoms with Crippen molar-refractivity contribution in [3.8, 4) is 17.2 Å². The number of phenolic OH excluding ortho intramolecular Hbond substituents is 3. The summed E-state index contributed by atoms with van der Waals surface area (Å²) in [6.45, 7) is 1.30. The number of phenols is 3. The molecule has 6 amide bonds. The van der Waals surface area contributed by atoms with Gasteiger partial charge in [-0.15, -0.1) is 0 Å². The molecule has 0 aliphatic carbocycles. The van der Waals surface area contributed by atoms with Crippen LogP contribution in [0.1, 0.15) is 97.1 Å². The number of carbonyl (C=O) groups is 6. The van der Waals surface area contributed by atoms with Crippen LogP contribution in [-0.2, 0) is 48.0 Å². The molecule has 18 heteroatoms. The quantitative estimate of drug-likeness (QED) is 0.0173. The Bertz CT molecular complexity index is 2640. The van der Waals surface area contributed by atoms with Gasteiger partial charge in [0.2, 0.25) is 35.4 Å². The molecule has 0 radical (unpaired) electrons. The van der Waals surface area contributed by atoms with Crippen LogP contribution in [0, 0.1) is 0 Å². The van der Waals surface area contributed by atoms with Gasteiger partial charge in [0.05, 0.1) is 19.3 Å². The molecule has 79 heavy (non-hydrogen) atoms. The second kappa shape index (κ2) is 31.0. The first-order valence-corrected chi connectivity index (χ1v) is 26.7. The summed E-state index contributed by atoms with van der Waals surface area (Å²) in [6.07, 6.45) is 4.79. The third kappa shape index (κ3) is 19.7. The van der Waals surface area contributed by atoms with Crippen molar-refractivity contribution in [1.29, 1.82) is 0 Å². The number of aromatic hydroxyl groups is 3. The first-order chi connectivity index (χ1) is 38.2. The highest BCUT2D eigenvalue weighted by Crippen LogP contribution is 2.34. The number of amides is 6. The van der Waals surface area contributed by atoms with Crippen LogP contribution in [0.5, 0.6) is 17.2 Å². The van der Waals surface area contributed by atoms with E-state index in [9.17, 15) is 44.1 Å². The van der Waals surface area contributed by atoms with Crippen LogP contribution < -0.4 is 49.1 Å². The summed E-state index contributed by atoms with van der Waals surface area (Å²) in [4.78, 5) is 80.8. The first kappa shape index (κ1) is 59.7. The predicted octanol–water partition coefficient (Wildman–Crippen LogP) is 6.37. The second-order valence-corrected chi connectivity index (χ2v) is 19.5. The fourth-order valence-electron chi connectivity index (χ4n) is 9.12. The van der Waals surface area contributed by atoms with Crippen LogP contribution in [0.3, 0.4) is 0 Å². The van der Waals surface area contributed by atoms with Gasteiger partial charge >= 0.3 is 0 Å². The van der Waals surface area contributed by atoms with Gasteiger partial charge in [0.15, 0.2) is 0 Å². The lowest BCUT2D eigenvalue weighted by atomic mass is 9.85. The van der Waals surface area contributed by atoms with Gasteiger partial charge in [-0.25, -0.2) is 0 Å². The first-order valence-electron chi connectivity index (χ1n) is 26.7. The summed E-state index contributed by atoms with van der Waals surface area (Å²) in [7, 11) is 0. The SMILES string of the molecule is NCCCC[C@H](NC(=O)Cc1cccc(O)c1)C(=O)Nc1ccc(C(c2ccc(NC(=O)[C@H](CCCCN)NC(=O)Cc3cccc(O)c3)cc2)c2ccc(NC(=O)[C@H](CCCCN)NC(=O)Cc3cccc(O)c3)cc2)cc1. The van der Waals surface area contributed by atoms with E-state index in [1.165, 1.54) is 36.4 Å². The minimum absolute atomic E-state index is 0.0289. The van der Waals surface area contributed by atoms with Crippen molar-refractivity contribution >= 4 is 52.5 Å². The van der Waals surface area contributed by atoms with E-state index in [2.05, 4.69) is 31.9 Å². The van der Waals surface area contributed by atoms with E-state index in [0.29, 0.717) is 111 Å². The Morgan fingerprint density at radius 1 is 0.367 bits per heavy atom. The number of hydrogen-bond acceptors (Lipinski definition) is 12. The van der Waals surface area contributed by atoms with E-state index in [1.54, 1.807) is 72.8 Å². The van der Waals surface area contributed by atoms with E-state index >= 15 is 0 Å². The maximum Gasteiger partial charge on any atom is 0.246 e. The minimum Gasteiger partial charge on any atom is -0.508 e. The highest BCUT2D eigenvalue weighted by molar-refractivity contribution is 5.99. The largest absolute Gasteiger partial charge is 0.508 e. The molecule has 0 spiro atoms. The number of unbranched alkanes of at least 4 members (excludes halogenated alkanes) is 3. The van der Waals surface area contributed by atoms with Gasteiger partial charge in [-0.1, -0.05) is 72.8 Å². The Hall–Kier alpha value is -8.58. The zero-order valence-electron chi connectivity index (χ0n) is 44.3. The Labute approximate surface area is 461 Å². The monoisotopic (exact) mass is 1080 g/mol. The Morgan fingerprint density at radius 2 is 0.633 bits per heavy atom. The molecule has 0 saturated carbocycles. The predicted molar refractivity (Wildman–Crippen MR) is 306 cm³/mol. The van der Waals surface area contributed by atoms with Gasteiger partial charge in [0.25, 0.3) is 0 Å². The summed E-state index contributed by atoms with van der Waals surface area (Å²) in [5.74, 6) is -2.66. The van der Waals surface area contributed by atoms with Crippen molar-refractivity contribution in [3.05, 3.63) is 179 Å². The molecule has 0 aliphatic heterocycles. The molecule has 6 rings (SSSR count). The van der Waals surface area contributed by atoms with E-state index < -0.39 is 41.8 Å². The maximum absolute atomic E-state index is 13.8. The lowest BCUT2D eigenvalue weighted by molar-refractivity contribution is -0.126. The maximum atomic E-state index is 13.8. The summed E-state index contributed by atoms with van der Waals surface area (Å²) < 4.78 is 0. The Morgan fingerprint density at radius 3 is 0.873 bits per heavy atom. The molecule has 0 fully saturated rings. The van der Waals surface area contributed by atoms with Crippen molar-refractivity contribution < 1.29 is 44.1 Å². The van der Waals surface area contributed by atoms with Crippen molar-refractivity contribution in [2.24, 2.45) is 17.2 Å². The molecule has 18 nitrogen and oxygen atoms in total. The van der Waals surface area contributed by atoms with Gasteiger partial charge in [-0.05, 0) is 184 Å². The van der Waals surface area contributed by atoms with Gasteiger partial charge in [-0.3, -0.25) is 28.8 Å². The van der Waals surface area contributed by atoms with E-state index in [-0.39, 0.29) is 54.2 Å². The lowest BCUT2D eigenvalue weighted by Crippen LogP contribution is -2.44. The minimum atomic E-state index is -0.855. The third-order valence-electron chi connectivity index (χ3n) is 13.2. The number of anilines is 3. The van der Waals surface area contributed by atoms with E-state index in [1.807, 2.05) is 36.4 Å². The molecular weight excluding hydrogens is 1000 g/mol. The van der Waals surface area contributed by atoms with Crippen molar-refractivity contribution in [2.75, 3.05) is 35.6 Å². The molecule has 0 unspecified atom stereocenters. The summed E-state index contributed by atoms with van der Waals surface area (Å²) in [5.41, 5.74) is 23.0. The molecule has 15 N–H and O–H groups in total. The van der Waals surface area contributed by atoms with Crippen LogP contribution in [0.25, 0.3) is 0 Å². The Kier molecular flexibility index (Phi) is 23.4. The lowest BCUT2D eigenvalue weighted by Gasteiger charge is -2.22. The molecule has 0 saturated heterocycles. The molecule has 0 aliphatic rings. The molecule has 0 bridgehead atoms. The number of nitrogens with two attached hydrogens (primary N) is 3. The molecule has 416 valence electrons. The van der Waals surface area contributed by atoms with Crippen LogP contribution in [0.15, 0.2) is 146 Å².